The first-order valence-corrected chi connectivity index (χ1v) is 6.34. The Kier molecular flexibility index (Phi) is 6.04. The molecule has 1 atom stereocenters. The molecule has 0 aliphatic heterocycles. The molecule has 1 rings (SSSR count). The van der Waals surface area contributed by atoms with Crippen LogP contribution in [0.3, 0.4) is 0 Å². The fraction of sp³-hybridized carbons (Fsp3) is 0.400. The van der Waals surface area contributed by atoms with Gasteiger partial charge < -0.3 is 5.73 Å². The lowest BCUT2D eigenvalue weighted by atomic mass is 10.2. The number of benzene rings is 1. The van der Waals surface area contributed by atoms with Crippen LogP contribution < -0.4 is 10.5 Å². The normalized spacial score (nSPS) is 12.9. The van der Waals surface area contributed by atoms with Crippen molar-refractivity contribution in [3.8, 4) is 0 Å². The summed E-state index contributed by atoms with van der Waals surface area (Å²) in [5, 5.41) is 0. The van der Waals surface area contributed by atoms with E-state index in [1.54, 1.807) is 19.9 Å². The van der Waals surface area contributed by atoms with Gasteiger partial charge in [0, 0.05) is 12.6 Å². The van der Waals surface area contributed by atoms with Crippen LogP contribution in [0.15, 0.2) is 23.1 Å². The van der Waals surface area contributed by atoms with Crippen molar-refractivity contribution in [2.45, 2.75) is 24.8 Å². The molecule has 0 spiro atoms. The lowest BCUT2D eigenvalue weighted by molar-refractivity contribution is 0.542. The molecule has 0 aliphatic rings. The van der Waals surface area contributed by atoms with E-state index in [4.69, 9.17) is 5.73 Å². The predicted molar refractivity (Wildman–Crippen MR) is 67.2 cm³/mol. The minimum Gasteiger partial charge on any atom is -0.329 e. The van der Waals surface area contributed by atoms with Gasteiger partial charge in [-0.15, -0.1) is 12.4 Å². The summed E-state index contributed by atoms with van der Waals surface area (Å²) in [6.45, 7) is 3.32. The smallest absolute Gasteiger partial charge is 0.244 e. The number of aryl methyl sites for hydroxylation is 1. The standard InChI is InChI=1S/C10H15FN2O2S.ClH/c1-7-4-3-5-9(11)10(7)16(14,15)13-8(2)6-12;/h3-5,8,13H,6,12H2,1-2H3;1H/t8-;/m0./s1. The highest BCUT2D eigenvalue weighted by Crippen LogP contribution is 2.18. The summed E-state index contributed by atoms with van der Waals surface area (Å²) in [5.74, 6) is -0.753. The second-order valence-electron chi connectivity index (χ2n) is 3.64. The molecule has 0 heterocycles. The largest absolute Gasteiger partial charge is 0.329 e. The van der Waals surface area contributed by atoms with E-state index in [-0.39, 0.29) is 23.8 Å². The van der Waals surface area contributed by atoms with Crippen LogP contribution in [0.4, 0.5) is 4.39 Å². The van der Waals surface area contributed by atoms with Crippen molar-refractivity contribution in [1.82, 2.24) is 4.72 Å². The Bertz CT molecular complexity index is 459. The highest BCUT2D eigenvalue weighted by atomic mass is 35.5. The second-order valence-corrected chi connectivity index (χ2v) is 5.29. The van der Waals surface area contributed by atoms with Crippen LogP contribution in [0.5, 0.6) is 0 Å². The van der Waals surface area contributed by atoms with E-state index < -0.39 is 21.9 Å². The zero-order valence-electron chi connectivity index (χ0n) is 9.60. The number of nitrogens with one attached hydrogen (secondary N) is 1. The molecular weight excluding hydrogens is 267 g/mol. The van der Waals surface area contributed by atoms with Crippen LogP contribution in [-0.4, -0.2) is 21.0 Å². The van der Waals surface area contributed by atoms with Gasteiger partial charge in [-0.25, -0.2) is 17.5 Å². The summed E-state index contributed by atoms with van der Waals surface area (Å²) < 4.78 is 39.4. The van der Waals surface area contributed by atoms with Gasteiger partial charge in [0.2, 0.25) is 10.0 Å². The molecule has 17 heavy (non-hydrogen) atoms. The van der Waals surface area contributed by atoms with Crippen LogP contribution in [0.1, 0.15) is 12.5 Å². The summed E-state index contributed by atoms with van der Waals surface area (Å²) in [4.78, 5) is -0.310. The third-order valence-electron chi connectivity index (χ3n) is 2.14. The molecule has 0 amide bonds. The van der Waals surface area contributed by atoms with Crippen LogP contribution >= 0.6 is 12.4 Å². The van der Waals surface area contributed by atoms with Gasteiger partial charge in [-0.05, 0) is 25.5 Å². The second kappa shape index (κ2) is 6.30. The first-order valence-electron chi connectivity index (χ1n) is 4.86. The van der Waals surface area contributed by atoms with Gasteiger partial charge in [-0.3, -0.25) is 0 Å². The Labute approximate surface area is 107 Å². The Morgan fingerprint density at radius 2 is 2.06 bits per heavy atom. The fourth-order valence-corrected chi connectivity index (χ4v) is 2.89. The summed E-state index contributed by atoms with van der Waals surface area (Å²) in [7, 11) is -3.84. The van der Waals surface area contributed by atoms with Gasteiger partial charge in [-0.2, -0.15) is 0 Å². The highest BCUT2D eigenvalue weighted by Gasteiger charge is 2.22. The summed E-state index contributed by atoms with van der Waals surface area (Å²) >= 11 is 0. The maximum atomic E-state index is 13.5. The van der Waals surface area contributed by atoms with E-state index in [2.05, 4.69) is 4.72 Å². The summed E-state index contributed by atoms with van der Waals surface area (Å²) in [6, 6.07) is 3.71. The van der Waals surface area contributed by atoms with E-state index in [0.29, 0.717) is 5.56 Å². The van der Waals surface area contributed by atoms with Crippen LogP contribution in [0.25, 0.3) is 0 Å². The van der Waals surface area contributed by atoms with E-state index in [1.165, 1.54) is 6.07 Å². The molecule has 0 bridgehead atoms. The van der Waals surface area contributed by atoms with Crippen LogP contribution in [0.2, 0.25) is 0 Å². The first-order chi connectivity index (χ1) is 7.38. The first kappa shape index (κ1) is 16.3. The highest BCUT2D eigenvalue weighted by molar-refractivity contribution is 7.89. The van der Waals surface area contributed by atoms with Gasteiger partial charge in [0.05, 0.1) is 0 Å². The third kappa shape index (κ3) is 3.92. The lowest BCUT2D eigenvalue weighted by Crippen LogP contribution is -2.38. The fourth-order valence-electron chi connectivity index (χ4n) is 1.33. The minimum atomic E-state index is -3.84. The molecular formula is C10H16ClFN2O2S. The number of nitrogens with two attached hydrogens (primary N) is 1. The van der Waals surface area contributed by atoms with Crippen molar-refractivity contribution in [3.63, 3.8) is 0 Å². The number of rotatable bonds is 4. The molecule has 98 valence electrons. The zero-order valence-corrected chi connectivity index (χ0v) is 11.2. The van der Waals surface area contributed by atoms with Crippen molar-refractivity contribution in [3.05, 3.63) is 29.6 Å². The molecule has 0 aliphatic carbocycles. The molecule has 0 unspecified atom stereocenters. The number of halogens is 2. The van der Waals surface area contributed by atoms with Gasteiger partial charge in [0.1, 0.15) is 10.7 Å². The Morgan fingerprint density at radius 1 is 1.47 bits per heavy atom. The molecule has 7 heteroatoms. The van der Waals surface area contributed by atoms with E-state index in [9.17, 15) is 12.8 Å². The van der Waals surface area contributed by atoms with Crippen LogP contribution in [0, 0.1) is 12.7 Å². The van der Waals surface area contributed by atoms with Crippen molar-refractivity contribution in [2.24, 2.45) is 5.73 Å². The Hall–Kier alpha value is -0.690. The average molecular weight is 283 g/mol. The molecule has 4 nitrogen and oxygen atoms in total. The summed E-state index contributed by atoms with van der Waals surface area (Å²) in [5.41, 5.74) is 5.68. The number of hydrogen-bond donors (Lipinski definition) is 2. The van der Waals surface area contributed by atoms with Crippen LogP contribution in [-0.2, 0) is 10.0 Å². The molecule has 0 saturated carbocycles. The van der Waals surface area contributed by atoms with Gasteiger partial charge in [0.15, 0.2) is 0 Å². The molecule has 0 saturated heterocycles. The van der Waals surface area contributed by atoms with Crippen molar-refractivity contribution in [1.29, 1.82) is 0 Å². The monoisotopic (exact) mass is 282 g/mol. The molecule has 0 aromatic heterocycles. The molecule has 1 aromatic rings. The van der Waals surface area contributed by atoms with E-state index in [1.807, 2.05) is 0 Å². The third-order valence-corrected chi connectivity index (χ3v) is 3.91. The van der Waals surface area contributed by atoms with Crippen molar-refractivity contribution in [2.75, 3.05) is 6.54 Å². The Balaban J connectivity index is 0.00000256. The summed E-state index contributed by atoms with van der Waals surface area (Å²) in [6.07, 6.45) is 0. The maximum absolute atomic E-state index is 13.5. The number of sulfonamides is 1. The molecule has 1 aromatic carbocycles. The van der Waals surface area contributed by atoms with Gasteiger partial charge in [-0.1, -0.05) is 12.1 Å². The lowest BCUT2D eigenvalue weighted by Gasteiger charge is -2.14. The predicted octanol–water partition coefficient (Wildman–Crippen LogP) is 1.18. The quantitative estimate of drug-likeness (QED) is 0.871. The topological polar surface area (TPSA) is 72.2 Å². The zero-order chi connectivity index (χ0) is 12.3. The van der Waals surface area contributed by atoms with Gasteiger partial charge >= 0.3 is 0 Å². The van der Waals surface area contributed by atoms with E-state index >= 15 is 0 Å². The SMILES string of the molecule is Cc1cccc(F)c1S(=O)(=O)N[C@@H](C)CN.Cl. The van der Waals surface area contributed by atoms with Crippen molar-refractivity contribution >= 4 is 22.4 Å². The molecule has 0 fully saturated rings. The van der Waals surface area contributed by atoms with E-state index in [0.717, 1.165) is 6.07 Å². The molecule has 3 N–H and O–H groups in total. The Morgan fingerprint density at radius 3 is 2.53 bits per heavy atom. The number of hydrogen-bond acceptors (Lipinski definition) is 3. The molecule has 0 radical (unpaired) electrons. The van der Waals surface area contributed by atoms with Gasteiger partial charge in [0.25, 0.3) is 0 Å². The average Bonchev–Trinajstić information content (AvgIpc) is 2.16. The minimum absolute atomic E-state index is 0. The maximum Gasteiger partial charge on any atom is 0.244 e. The van der Waals surface area contributed by atoms with Crippen molar-refractivity contribution < 1.29 is 12.8 Å².